The molecule has 1 unspecified atom stereocenters. The second-order valence-corrected chi connectivity index (χ2v) is 6.39. The Morgan fingerprint density at radius 3 is 2.95 bits per heavy atom. The summed E-state index contributed by atoms with van der Waals surface area (Å²) in [4.78, 5) is 14.8. The van der Waals surface area contributed by atoms with E-state index < -0.39 is 0 Å². The van der Waals surface area contributed by atoms with Crippen molar-refractivity contribution in [2.24, 2.45) is 0 Å². The molecule has 1 aromatic carbocycles. The Balaban J connectivity index is 1.63. The number of likely N-dealkylation sites (tertiary alicyclic amines) is 1. The molecule has 3 nitrogen and oxygen atoms in total. The van der Waals surface area contributed by atoms with Crippen LogP contribution in [0.4, 0.5) is 0 Å². The summed E-state index contributed by atoms with van der Waals surface area (Å²) in [6, 6.07) is 6.74. The van der Waals surface area contributed by atoms with Gasteiger partial charge in [0.2, 0.25) is 0 Å². The van der Waals surface area contributed by atoms with E-state index in [1.165, 1.54) is 30.4 Å². The SMILES string of the molecule is O=C(CN1CCCC1CCCO)c1ccc2c(c1)CCC2. The third kappa shape index (κ3) is 3.35. The van der Waals surface area contributed by atoms with Crippen LogP contribution in [-0.2, 0) is 12.8 Å². The molecule has 1 N–H and O–H groups in total. The molecule has 1 aliphatic heterocycles. The maximum Gasteiger partial charge on any atom is 0.176 e. The highest BCUT2D eigenvalue weighted by atomic mass is 16.2. The van der Waals surface area contributed by atoms with E-state index in [9.17, 15) is 4.79 Å². The largest absolute Gasteiger partial charge is 0.396 e. The summed E-state index contributed by atoms with van der Waals surface area (Å²) < 4.78 is 0. The Bertz CT molecular complexity index is 512. The van der Waals surface area contributed by atoms with E-state index in [-0.39, 0.29) is 12.4 Å². The molecule has 3 heteroatoms. The molecule has 21 heavy (non-hydrogen) atoms. The van der Waals surface area contributed by atoms with Gasteiger partial charge in [0.05, 0.1) is 6.54 Å². The van der Waals surface area contributed by atoms with Crippen molar-refractivity contribution in [1.82, 2.24) is 4.90 Å². The monoisotopic (exact) mass is 287 g/mol. The number of aryl methyl sites for hydroxylation is 2. The smallest absolute Gasteiger partial charge is 0.176 e. The second kappa shape index (κ2) is 6.71. The van der Waals surface area contributed by atoms with Gasteiger partial charge in [-0.3, -0.25) is 9.69 Å². The first-order valence-corrected chi connectivity index (χ1v) is 8.28. The first-order chi connectivity index (χ1) is 10.3. The van der Waals surface area contributed by atoms with Crippen molar-refractivity contribution in [2.45, 2.75) is 51.0 Å². The van der Waals surface area contributed by atoms with Gasteiger partial charge in [0.15, 0.2) is 5.78 Å². The standard InChI is InChI=1S/C18H25NO2/c20-11-3-7-17-6-2-10-19(17)13-18(21)16-9-8-14-4-1-5-15(14)12-16/h8-9,12,17,20H,1-7,10-11,13H2. The lowest BCUT2D eigenvalue weighted by Crippen LogP contribution is -2.34. The van der Waals surface area contributed by atoms with Crippen LogP contribution in [-0.4, -0.2) is 41.5 Å². The third-order valence-corrected chi connectivity index (χ3v) is 4.96. The molecule has 1 saturated heterocycles. The predicted molar refractivity (Wildman–Crippen MR) is 83.7 cm³/mol. The minimum absolute atomic E-state index is 0.251. The van der Waals surface area contributed by atoms with Crippen molar-refractivity contribution >= 4 is 5.78 Å². The number of rotatable bonds is 6. The fraction of sp³-hybridized carbons (Fsp3) is 0.611. The molecule has 2 aliphatic rings. The fourth-order valence-corrected chi connectivity index (χ4v) is 3.78. The molecule has 0 bridgehead atoms. The number of aliphatic hydroxyl groups excluding tert-OH is 1. The highest BCUT2D eigenvalue weighted by molar-refractivity contribution is 5.98. The van der Waals surface area contributed by atoms with Gasteiger partial charge in [-0.25, -0.2) is 0 Å². The number of hydrogen-bond acceptors (Lipinski definition) is 3. The molecule has 3 rings (SSSR count). The number of ketones is 1. The first kappa shape index (κ1) is 14.7. The van der Waals surface area contributed by atoms with Crippen molar-refractivity contribution < 1.29 is 9.90 Å². The van der Waals surface area contributed by atoms with E-state index in [4.69, 9.17) is 5.11 Å². The van der Waals surface area contributed by atoms with E-state index in [1.807, 2.05) is 6.07 Å². The second-order valence-electron chi connectivity index (χ2n) is 6.39. The minimum atomic E-state index is 0.251. The Kier molecular flexibility index (Phi) is 4.71. The highest BCUT2D eigenvalue weighted by Gasteiger charge is 2.26. The van der Waals surface area contributed by atoms with E-state index in [0.29, 0.717) is 12.6 Å². The summed E-state index contributed by atoms with van der Waals surface area (Å²) in [5.74, 6) is 0.251. The van der Waals surface area contributed by atoms with Gasteiger partial charge in [-0.05, 0) is 68.7 Å². The molecule has 0 aromatic heterocycles. The lowest BCUT2D eigenvalue weighted by atomic mass is 10.0. The molecule has 0 saturated carbocycles. The van der Waals surface area contributed by atoms with Gasteiger partial charge in [-0.2, -0.15) is 0 Å². The molecule has 1 atom stereocenters. The van der Waals surface area contributed by atoms with E-state index in [0.717, 1.165) is 37.8 Å². The lowest BCUT2D eigenvalue weighted by molar-refractivity contribution is 0.0915. The number of carbonyl (C=O) groups excluding carboxylic acids is 1. The molecule has 0 amide bonds. The predicted octanol–water partition coefficient (Wildman–Crippen LogP) is 2.59. The van der Waals surface area contributed by atoms with Crippen molar-refractivity contribution in [3.8, 4) is 0 Å². The van der Waals surface area contributed by atoms with Crippen molar-refractivity contribution in [2.75, 3.05) is 19.7 Å². The van der Waals surface area contributed by atoms with E-state index >= 15 is 0 Å². The van der Waals surface area contributed by atoms with E-state index in [2.05, 4.69) is 17.0 Å². The quantitative estimate of drug-likeness (QED) is 0.818. The van der Waals surface area contributed by atoms with Crippen molar-refractivity contribution in [3.05, 3.63) is 34.9 Å². The number of hydrogen-bond donors (Lipinski definition) is 1. The van der Waals surface area contributed by atoms with Gasteiger partial charge >= 0.3 is 0 Å². The number of aliphatic hydroxyl groups is 1. The zero-order valence-corrected chi connectivity index (χ0v) is 12.7. The molecule has 1 fully saturated rings. The number of fused-ring (bicyclic) bond motifs is 1. The van der Waals surface area contributed by atoms with Crippen LogP contribution in [0.2, 0.25) is 0 Å². The Labute approximate surface area is 127 Å². The van der Waals surface area contributed by atoms with Crippen molar-refractivity contribution in [3.63, 3.8) is 0 Å². The average molecular weight is 287 g/mol. The van der Waals surface area contributed by atoms with Crippen LogP contribution < -0.4 is 0 Å². The van der Waals surface area contributed by atoms with Gasteiger partial charge in [0.1, 0.15) is 0 Å². The van der Waals surface area contributed by atoms with Gasteiger partial charge in [-0.15, -0.1) is 0 Å². The summed E-state index contributed by atoms with van der Waals surface area (Å²) >= 11 is 0. The summed E-state index contributed by atoms with van der Waals surface area (Å²) in [5, 5.41) is 8.98. The molecule has 1 aliphatic carbocycles. The first-order valence-electron chi connectivity index (χ1n) is 8.28. The molecule has 0 spiro atoms. The molecule has 1 heterocycles. The molecule has 1 aromatic rings. The zero-order chi connectivity index (χ0) is 14.7. The zero-order valence-electron chi connectivity index (χ0n) is 12.7. The molecule has 114 valence electrons. The van der Waals surface area contributed by atoms with Crippen LogP contribution in [0, 0.1) is 0 Å². The molecular weight excluding hydrogens is 262 g/mol. The van der Waals surface area contributed by atoms with E-state index in [1.54, 1.807) is 0 Å². The Hall–Kier alpha value is -1.19. The Morgan fingerprint density at radius 1 is 1.24 bits per heavy atom. The Morgan fingerprint density at radius 2 is 2.10 bits per heavy atom. The van der Waals surface area contributed by atoms with Crippen molar-refractivity contribution in [1.29, 1.82) is 0 Å². The fourth-order valence-electron chi connectivity index (χ4n) is 3.78. The van der Waals surface area contributed by atoms with Crippen LogP contribution in [0.1, 0.15) is 53.6 Å². The maximum absolute atomic E-state index is 12.5. The van der Waals surface area contributed by atoms with Crippen LogP contribution >= 0.6 is 0 Å². The average Bonchev–Trinajstić information content (AvgIpc) is 3.13. The van der Waals surface area contributed by atoms with Gasteiger partial charge in [-0.1, -0.05) is 12.1 Å². The van der Waals surface area contributed by atoms with Gasteiger partial charge in [0, 0.05) is 18.2 Å². The third-order valence-electron chi connectivity index (χ3n) is 4.96. The van der Waals surface area contributed by atoms with Crippen LogP contribution in [0.3, 0.4) is 0 Å². The van der Waals surface area contributed by atoms with Gasteiger partial charge in [0.25, 0.3) is 0 Å². The number of benzene rings is 1. The number of carbonyl (C=O) groups is 1. The normalized spacial score (nSPS) is 21.7. The van der Waals surface area contributed by atoms with Gasteiger partial charge < -0.3 is 5.11 Å². The summed E-state index contributed by atoms with van der Waals surface area (Å²) in [5.41, 5.74) is 3.68. The maximum atomic E-state index is 12.5. The summed E-state index contributed by atoms with van der Waals surface area (Å²) in [7, 11) is 0. The summed E-state index contributed by atoms with van der Waals surface area (Å²) in [6.45, 7) is 1.81. The summed E-state index contributed by atoms with van der Waals surface area (Å²) in [6.07, 6.45) is 7.70. The number of Topliss-reactive ketones (excluding diaryl/α,β-unsaturated/α-hetero) is 1. The molecule has 0 radical (unpaired) electrons. The van der Waals surface area contributed by atoms with Crippen LogP contribution in [0.25, 0.3) is 0 Å². The lowest BCUT2D eigenvalue weighted by Gasteiger charge is -2.23. The van der Waals surface area contributed by atoms with Crippen LogP contribution in [0.5, 0.6) is 0 Å². The molecular formula is C18H25NO2. The number of nitrogens with zero attached hydrogens (tertiary/aromatic N) is 1. The highest BCUT2D eigenvalue weighted by Crippen LogP contribution is 2.25. The topological polar surface area (TPSA) is 40.5 Å². The minimum Gasteiger partial charge on any atom is -0.396 e. The van der Waals surface area contributed by atoms with Crippen LogP contribution in [0.15, 0.2) is 18.2 Å².